The molecular formula is C15H16N2O2. The largest absolute Gasteiger partial charge is 0.422 e. The molecule has 0 amide bonds. The number of hydrogen-bond acceptors (Lipinski definition) is 4. The number of anilines is 1. The standard InChI is InChI=1S/C15H16N2O2/c1-4-17(5-2)14-11-7-6-10(3)8-13(11)19-15(18)12(14)9-16/h6-8H,4-5H2,1-3H3. The Morgan fingerprint density at radius 3 is 2.58 bits per heavy atom. The normalized spacial score (nSPS) is 10.4. The maximum atomic E-state index is 11.9. The molecule has 0 fully saturated rings. The lowest BCUT2D eigenvalue weighted by Crippen LogP contribution is -2.25. The molecule has 1 aromatic carbocycles. The van der Waals surface area contributed by atoms with Gasteiger partial charge in [-0.25, -0.2) is 4.79 Å². The molecule has 0 atom stereocenters. The predicted octanol–water partition coefficient (Wildman–Crippen LogP) is 2.82. The van der Waals surface area contributed by atoms with Crippen LogP contribution in [0.1, 0.15) is 25.0 Å². The number of fused-ring (bicyclic) bond motifs is 1. The molecule has 0 radical (unpaired) electrons. The van der Waals surface area contributed by atoms with E-state index in [-0.39, 0.29) is 5.56 Å². The van der Waals surface area contributed by atoms with Gasteiger partial charge in [-0.3, -0.25) is 0 Å². The number of hydrogen-bond donors (Lipinski definition) is 0. The van der Waals surface area contributed by atoms with Crippen molar-refractivity contribution in [3.05, 3.63) is 39.7 Å². The summed E-state index contributed by atoms with van der Waals surface area (Å²) in [6, 6.07) is 7.66. The lowest BCUT2D eigenvalue weighted by Gasteiger charge is -2.23. The first-order valence-corrected chi connectivity index (χ1v) is 6.34. The lowest BCUT2D eigenvalue weighted by molar-refractivity contribution is 0.557. The smallest absolute Gasteiger partial charge is 0.356 e. The van der Waals surface area contributed by atoms with Crippen LogP contribution in [-0.2, 0) is 0 Å². The van der Waals surface area contributed by atoms with Crippen LogP contribution in [-0.4, -0.2) is 13.1 Å². The van der Waals surface area contributed by atoms with Gasteiger partial charge in [0.25, 0.3) is 0 Å². The fourth-order valence-electron chi connectivity index (χ4n) is 2.26. The average Bonchev–Trinajstić information content (AvgIpc) is 2.39. The summed E-state index contributed by atoms with van der Waals surface area (Å²) in [5.74, 6) is 0. The van der Waals surface area contributed by atoms with E-state index >= 15 is 0 Å². The van der Waals surface area contributed by atoms with Crippen molar-refractivity contribution < 1.29 is 4.42 Å². The van der Waals surface area contributed by atoms with Crippen molar-refractivity contribution in [1.29, 1.82) is 5.26 Å². The van der Waals surface area contributed by atoms with Crippen LogP contribution in [0, 0.1) is 18.3 Å². The van der Waals surface area contributed by atoms with Gasteiger partial charge in [0.2, 0.25) is 0 Å². The van der Waals surface area contributed by atoms with Crippen LogP contribution >= 0.6 is 0 Å². The number of benzene rings is 1. The van der Waals surface area contributed by atoms with Crippen LogP contribution < -0.4 is 10.5 Å². The van der Waals surface area contributed by atoms with E-state index in [0.717, 1.165) is 24.0 Å². The number of nitrogens with zero attached hydrogens (tertiary/aromatic N) is 2. The highest BCUT2D eigenvalue weighted by Crippen LogP contribution is 2.29. The van der Waals surface area contributed by atoms with E-state index in [2.05, 4.69) is 0 Å². The van der Waals surface area contributed by atoms with E-state index in [1.807, 2.05) is 49.9 Å². The monoisotopic (exact) mass is 256 g/mol. The predicted molar refractivity (Wildman–Crippen MR) is 75.5 cm³/mol. The van der Waals surface area contributed by atoms with Crippen LogP contribution in [0.3, 0.4) is 0 Å². The molecule has 2 aromatic rings. The fraction of sp³-hybridized carbons (Fsp3) is 0.333. The van der Waals surface area contributed by atoms with E-state index in [0.29, 0.717) is 11.3 Å². The Hall–Kier alpha value is -2.28. The molecule has 19 heavy (non-hydrogen) atoms. The lowest BCUT2D eigenvalue weighted by atomic mass is 10.1. The van der Waals surface area contributed by atoms with Crippen LogP contribution in [0.5, 0.6) is 0 Å². The molecule has 0 bridgehead atoms. The molecule has 0 unspecified atom stereocenters. The van der Waals surface area contributed by atoms with Gasteiger partial charge < -0.3 is 9.32 Å². The van der Waals surface area contributed by atoms with Crippen molar-refractivity contribution in [2.75, 3.05) is 18.0 Å². The van der Waals surface area contributed by atoms with Gasteiger partial charge in [0.15, 0.2) is 5.56 Å². The Morgan fingerprint density at radius 1 is 1.32 bits per heavy atom. The Bertz CT molecular complexity index is 706. The SMILES string of the molecule is CCN(CC)c1c(C#N)c(=O)oc2cc(C)ccc12. The molecule has 0 N–H and O–H groups in total. The molecule has 0 aliphatic heterocycles. The molecule has 4 nitrogen and oxygen atoms in total. The van der Waals surface area contributed by atoms with Gasteiger partial charge in [-0.1, -0.05) is 6.07 Å². The average molecular weight is 256 g/mol. The van der Waals surface area contributed by atoms with Gasteiger partial charge in [-0.2, -0.15) is 5.26 Å². The summed E-state index contributed by atoms with van der Waals surface area (Å²) in [6.07, 6.45) is 0. The first-order chi connectivity index (χ1) is 9.12. The van der Waals surface area contributed by atoms with Gasteiger partial charge in [-0.15, -0.1) is 0 Å². The summed E-state index contributed by atoms with van der Waals surface area (Å²) in [7, 11) is 0. The quantitative estimate of drug-likeness (QED) is 0.792. The third kappa shape index (κ3) is 2.19. The van der Waals surface area contributed by atoms with Crippen LogP contribution in [0.15, 0.2) is 27.4 Å². The van der Waals surface area contributed by atoms with Gasteiger partial charge >= 0.3 is 5.63 Å². The van der Waals surface area contributed by atoms with Crippen LogP contribution in [0.2, 0.25) is 0 Å². The minimum Gasteiger partial charge on any atom is -0.422 e. The zero-order valence-corrected chi connectivity index (χ0v) is 11.4. The molecule has 1 heterocycles. The Kier molecular flexibility index (Phi) is 3.57. The van der Waals surface area contributed by atoms with Crippen molar-refractivity contribution in [1.82, 2.24) is 0 Å². The number of rotatable bonds is 3. The van der Waals surface area contributed by atoms with Crippen molar-refractivity contribution >= 4 is 16.7 Å². The van der Waals surface area contributed by atoms with Crippen molar-refractivity contribution in [3.63, 3.8) is 0 Å². The van der Waals surface area contributed by atoms with Gasteiger partial charge in [0, 0.05) is 18.5 Å². The molecule has 0 saturated heterocycles. The van der Waals surface area contributed by atoms with E-state index in [9.17, 15) is 10.1 Å². The van der Waals surface area contributed by atoms with Gasteiger partial charge in [0.1, 0.15) is 11.7 Å². The second-order valence-electron chi connectivity index (χ2n) is 4.40. The van der Waals surface area contributed by atoms with Gasteiger partial charge in [0.05, 0.1) is 5.69 Å². The molecule has 1 aromatic heterocycles. The molecule has 4 heteroatoms. The highest BCUT2D eigenvalue weighted by atomic mass is 16.4. The number of aryl methyl sites for hydroxylation is 1. The first kappa shape index (κ1) is 13.2. The first-order valence-electron chi connectivity index (χ1n) is 6.34. The summed E-state index contributed by atoms with van der Waals surface area (Å²) in [6.45, 7) is 7.41. The fourth-order valence-corrected chi connectivity index (χ4v) is 2.26. The summed E-state index contributed by atoms with van der Waals surface area (Å²) >= 11 is 0. The molecule has 0 saturated carbocycles. The summed E-state index contributed by atoms with van der Waals surface area (Å²) < 4.78 is 5.24. The Balaban J connectivity index is 2.91. The van der Waals surface area contributed by atoms with Gasteiger partial charge in [-0.05, 0) is 38.5 Å². The molecule has 0 spiro atoms. The second-order valence-corrected chi connectivity index (χ2v) is 4.40. The Labute approximate surface area is 111 Å². The maximum absolute atomic E-state index is 11.9. The van der Waals surface area contributed by atoms with Crippen molar-refractivity contribution in [2.45, 2.75) is 20.8 Å². The minimum absolute atomic E-state index is 0.0834. The summed E-state index contributed by atoms with van der Waals surface area (Å²) in [5, 5.41) is 10.0. The van der Waals surface area contributed by atoms with Crippen LogP contribution in [0.25, 0.3) is 11.0 Å². The Morgan fingerprint density at radius 2 is 2.00 bits per heavy atom. The highest BCUT2D eigenvalue weighted by molar-refractivity contribution is 5.93. The van der Waals surface area contributed by atoms with E-state index in [1.165, 1.54) is 0 Å². The molecule has 2 rings (SSSR count). The topological polar surface area (TPSA) is 57.2 Å². The van der Waals surface area contributed by atoms with Crippen molar-refractivity contribution in [2.24, 2.45) is 0 Å². The summed E-state index contributed by atoms with van der Waals surface area (Å²) in [5.41, 5.74) is 1.75. The minimum atomic E-state index is -0.567. The molecule has 0 aliphatic rings. The van der Waals surface area contributed by atoms with Crippen LogP contribution in [0.4, 0.5) is 5.69 Å². The van der Waals surface area contributed by atoms with E-state index in [1.54, 1.807) is 0 Å². The van der Waals surface area contributed by atoms with Crippen molar-refractivity contribution in [3.8, 4) is 6.07 Å². The molecule has 0 aliphatic carbocycles. The second kappa shape index (κ2) is 5.15. The highest BCUT2D eigenvalue weighted by Gasteiger charge is 2.18. The third-order valence-corrected chi connectivity index (χ3v) is 3.23. The molecule has 98 valence electrons. The van der Waals surface area contributed by atoms with E-state index in [4.69, 9.17) is 4.42 Å². The molecular weight excluding hydrogens is 240 g/mol. The summed E-state index contributed by atoms with van der Waals surface area (Å²) in [4.78, 5) is 13.9. The van der Waals surface area contributed by atoms with E-state index < -0.39 is 5.63 Å². The zero-order valence-electron chi connectivity index (χ0n) is 11.4. The maximum Gasteiger partial charge on any atom is 0.356 e. The zero-order chi connectivity index (χ0) is 14.0. The third-order valence-electron chi connectivity index (χ3n) is 3.23. The number of nitriles is 1.